The Morgan fingerprint density at radius 3 is 2.79 bits per heavy atom. The number of hydrogen-bond acceptors (Lipinski definition) is 6. The summed E-state index contributed by atoms with van der Waals surface area (Å²) in [6, 6.07) is 4.94. The number of aromatic nitrogens is 1. The number of carbonyl (C=O) groups is 1. The highest BCUT2D eigenvalue weighted by Gasteiger charge is 2.32. The van der Waals surface area contributed by atoms with Crippen LogP contribution >= 0.6 is 0 Å². The Morgan fingerprint density at radius 2 is 2.17 bits per heavy atom. The molecular formula is C20H23N4O5+. The van der Waals surface area contributed by atoms with Gasteiger partial charge >= 0.3 is 5.69 Å². The monoisotopic (exact) mass is 399 g/mol. The normalized spacial score (nSPS) is 18.5. The molecule has 2 aromatic rings. The number of nitrogens with one attached hydrogen (secondary N) is 1. The smallest absolute Gasteiger partial charge is 0.342 e. The molecule has 2 atom stereocenters. The van der Waals surface area contributed by atoms with Crippen LogP contribution in [0.15, 0.2) is 18.3 Å². The Bertz CT molecular complexity index is 999. The first-order valence-electron chi connectivity index (χ1n) is 9.45. The van der Waals surface area contributed by atoms with Gasteiger partial charge in [0.2, 0.25) is 11.8 Å². The number of ether oxygens (including phenoxy) is 2. The van der Waals surface area contributed by atoms with E-state index < -0.39 is 0 Å². The summed E-state index contributed by atoms with van der Waals surface area (Å²) >= 11 is 0. The van der Waals surface area contributed by atoms with Crippen molar-refractivity contribution in [1.29, 1.82) is 5.26 Å². The highest BCUT2D eigenvalue weighted by Crippen LogP contribution is 2.36. The number of pyridine rings is 1. The fourth-order valence-electron chi connectivity index (χ4n) is 3.47. The Labute approximate surface area is 167 Å². The fourth-order valence-corrected chi connectivity index (χ4v) is 3.47. The number of nitrogens with zero attached hydrogens (tertiary/aromatic N) is 3. The maximum Gasteiger partial charge on any atom is 0.342 e. The highest BCUT2D eigenvalue weighted by atomic mass is 16.6. The molecule has 0 aliphatic carbocycles. The van der Waals surface area contributed by atoms with Crippen molar-refractivity contribution in [3.8, 4) is 17.7 Å². The van der Waals surface area contributed by atoms with E-state index in [1.807, 2.05) is 26.8 Å². The van der Waals surface area contributed by atoms with Gasteiger partial charge in [0.15, 0.2) is 0 Å². The van der Waals surface area contributed by atoms with Gasteiger partial charge in [-0.1, -0.05) is 13.3 Å². The second-order valence-electron chi connectivity index (χ2n) is 7.25. The molecule has 0 unspecified atom stereocenters. The zero-order valence-electron chi connectivity index (χ0n) is 16.5. The van der Waals surface area contributed by atoms with E-state index >= 15 is 0 Å². The largest absolute Gasteiger partial charge is 0.490 e. The lowest BCUT2D eigenvalue weighted by Gasteiger charge is -2.18. The maximum absolute atomic E-state index is 11.7. The third-order valence-electron chi connectivity index (χ3n) is 4.91. The molecule has 0 saturated carbocycles. The van der Waals surface area contributed by atoms with Gasteiger partial charge in [-0.05, 0) is 31.9 Å². The Hall–Kier alpha value is -3.41. The van der Waals surface area contributed by atoms with Crippen molar-refractivity contribution in [2.75, 3.05) is 6.61 Å². The molecule has 0 spiro atoms. The number of carbonyl (C=O) groups excluding carboxylic acids is 1. The van der Waals surface area contributed by atoms with Crippen molar-refractivity contribution in [2.45, 2.75) is 45.8 Å². The summed E-state index contributed by atoms with van der Waals surface area (Å²) in [6.45, 7) is 5.89. The van der Waals surface area contributed by atoms with Gasteiger partial charge < -0.3 is 14.8 Å². The van der Waals surface area contributed by atoms with E-state index in [0.717, 1.165) is 6.42 Å². The number of nitriles is 1. The van der Waals surface area contributed by atoms with Crippen LogP contribution in [0.25, 0.3) is 10.8 Å². The molecule has 2 N–H and O–H groups in total. The Kier molecular flexibility index (Phi) is 5.82. The number of rotatable bonds is 7. The maximum atomic E-state index is 11.7. The Balaban J connectivity index is 2.02. The van der Waals surface area contributed by atoms with Gasteiger partial charge in [-0.25, -0.2) is 10.2 Å². The molecule has 9 heteroatoms. The summed E-state index contributed by atoms with van der Waals surface area (Å²) < 4.78 is 11.6. The first-order valence-corrected chi connectivity index (χ1v) is 9.45. The standard InChI is InChI=1S/C20H22N4O5/c1-4-12-6-19(25)23-16(12)10-28-20-15-7-18(29-11(2)3)13(8-21)5-14(15)17(9-22-20)24(26)27/h5,7,9,11-12,16H,4,6,10H2,1-3H3,(H-,23,25,26,27)/p+1/t12-,16-/m1/s1. The van der Waals surface area contributed by atoms with Crippen molar-refractivity contribution in [3.05, 3.63) is 28.8 Å². The minimum atomic E-state index is -0.298. The van der Waals surface area contributed by atoms with Crippen LogP contribution in [0.4, 0.5) is 5.69 Å². The van der Waals surface area contributed by atoms with E-state index in [9.17, 15) is 20.2 Å². The zero-order valence-corrected chi connectivity index (χ0v) is 16.5. The van der Waals surface area contributed by atoms with Gasteiger partial charge in [0.25, 0.3) is 4.92 Å². The second kappa shape index (κ2) is 8.31. The lowest BCUT2D eigenvalue weighted by atomic mass is 9.98. The van der Waals surface area contributed by atoms with Crippen molar-refractivity contribution in [1.82, 2.24) is 10.3 Å². The molecule has 29 heavy (non-hydrogen) atoms. The van der Waals surface area contributed by atoms with E-state index in [2.05, 4.69) is 10.3 Å². The molecule has 152 valence electrons. The minimum absolute atomic E-state index is 0.00725. The third kappa shape index (κ3) is 4.21. The summed E-state index contributed by atoms with van der Waals surface area (Å²) in [4.78, 5) is 27.1. The van der Waals surface area contributed by atoms with Crippen LogP contribution in [-0.4, -0.2) is 39.8 Å². The average molecular weight is 399 g/mol. The topological polar surface area (TPSA) is 125 Å². The van der Waals surface area contributed by atoms with Gasteiger partial charge in [0.05, 0.1) is 33.4 Å². The predicted octanol–water partition coefficient (Wildman–Crippen LogP) is 2.99. The van der Waals surface area contributed by atoms with Gasteiger partial charge in [-0.3, -0.25) is 4.79 Å². The van der Waals surface area contributed by atoms with E-state index in [4.69, 9.17) is 9.47 Å². The summed E-state index contributed by atoms with van der Waals surface area (Å²) in [5, 5.41) is 22.5. The number of benzene rings is 1. The summed E-state index contributed by atoms with van der Waals surface area (Å²) in [5.41, 5.74) is 0.112. The van der Waals surface area contributed by atoms with E-state index in [0.29, 0.717) is 22.9 Å². The molecule has 9 nitrogen and oxygen atoms in total. The minimum Gasteiger partial charge on any atom is -0.490 e. The molecule has 0 radical (unpaired) electrons. The van der Waals surface area contributed by atoms with Crippen LogP contribution in [0.3, 0.4) is 0 Å². The van der Waals surface area contributed by atoms with E-state index in [-0.39, 0.29) is 52.6 Å². The van der Waals surface area contributed by atoms with Gasteiger partial charge in [0.1, 0.15) is 24.6 Å². The third-order valence-corrected chi connectivity index (χ3v) is 4.91. The molecule has 1 aromatic carbocycles. The molecule has 1 amide bonds. The first kappa shape index (κ1) is 20.3. The van der Waals surface area contributed by atoms with Crippen LogP contribution in [0.2, 0.25) is 0 Å². The highest BCUT2D eigenvalue weighted by molar-refractivity contribution is 5.96. The second-order valence-corrected chi connectivity index (χ2v) is 7.25. The quantitative estimate of drug-likeness (QED) is 0.686. The summed E-state index contributed by atoms with van der Waals surface area (Å²) in [6.07, 6.45) is 2.31. The van der Waals surface area contributed by atoms with Crippen molar-refractivity contribution < 1.29 is 24.4 Å². The van der Waals surface area contributed by atoms with E-state index in [1.165, 1.54) is 12.3 Å². The molecule has 1 aliphatic heterocycles. The summed E-state index contributed by atoms with van der Waals surface area (Å²) in [5.74, 6) is 0.717. The van der Waals surface area contributed by atoms with Gasteiger partial charge in [-0.2, -0.15) is 5.26 Å². The van der Waals surface area contributed by atoms with Crippen LogP contribution in [0, 0.1) is 22.2 Å². The van der Waals surface area contributed by atoms with Crippen molar-refractivity contribution in [3.63, 3.8) is 0 Å². The molecule has 1 aromatic heterocycles. The fraction of sp³-hybridized carbons (Fsp3) is 0.450. The van der Waals surface area contributed by atoms with Crippen LogP contribution in [0.1, 0.15) is 39.2 Å². The van der Waals surface area contributed by atoms with E-state index in [1.54, 1.807) is 6.07 Å². The van der Waals surface area contributed by atoms with Crippen molar-refractivity contribution in [2.24, 2.45) is 5.92 Å². The molecule has 1 aliphatic rings. The van der Waals surface area contributed by atoms with Gasteiger partial charge in [-0.15, -0.1) is 0 Å². The SMILES string of the molecule is CC[C@@H]1CC(=O)N[C@@H]1COc1ncc([N+](=O)O)c2cc(C#N)c(OC(C)C)cc12. The molecule has 2 heterocycles. The average Bonchev–Trinajstić information content (AvgIpc) is 3.04. The lowest BCUT2D eigenvalue weighted by molar-refractivity contribution is -0.728. The number of amides is 1. The van der Waals surface area contributed by atoms with Crippen LogP contribution in [0.5, 0.6) is 11.6 Å². The molecule has 1 fully saturated rings. The van der Waals surface area contributed by atoms with Crippen LogP contribution in [-0.2, 0) is 4.79 Å². The summed E-state index contributed by atoms with van der Waals surface area (Å²) in [7, 11) is 0. The molecular weight excluding hydrogens is 376 g/mol. The zero-order chi connectivity index (χ0) is 21.1. The first-order chi connectivity index (χ1) is 13.8. The van der Waals surface area contributed by atoms with Gasteiger partial charge in [0, 0.05) is 6.42 Å². The molecule has 0 bridgehead atoms. The predicted molar refractivity (Wildman–Crippen MR) is 103 cm³/mol. The molecule has 3 rings (SSSR count). The van der Waals surface area contributed by atoms with Crippen molar-refractivity contribution >= 4 is 22.4 Å². The van der Waals surface area contributed by atoms with Crippen LogP contribution < -0.4 is 14.8 Å². The Morgan fingerprint density at radius 1 is 1.41 bits per heavy atom. The number of hydrogen-bond donors (Lipinski definition) is 2. The molecule has 1 saturated heterocycles. The number of fused-ring (bicyclic) bond motifs is 1. The lowest BCUT2D eigenvalue weighted by Crippen LogP contribution is -2.34.